The number of aliphatic hydroxyl groups excluding tert-OH is 1. The van der Waals surface area contributed by atoms with Crippen molar-refractivity contribution in [3.8, 4) is 0 Å². The summed E-state index contributed by atoms with van der Waals surface area (Å²) in [6, 6.07) is -1.94. The minimum Gasteiger partial charge on any atom is -0.381 e. The number of halogens is 3. The van der Waals surface area contributed by atoms with E-state index in [1.165, 1.54) is 20.8 Å². The first-order chi connectivity index (χ1) is 8.37. The highest BCUT2D eigenvalue weighted by Gasteiger charge is 2.41. The third-order valence-electron chi connectivity index (χ3n) is 1.91. The second-order valence-electron chi connectivity index (χ2n) is 4.90. The molecule has 19 heavy (non-hydrogen) atoms. The van der Waals surface area contributed by atoms with Gasteiger partial charge in [0.05, 0.1) is 12.0 Å². The van der Waals surface area contributed by atoms with E-state index in [0.29, 0.717) is 0 Å². The average Bonchev–Trinajstić information content (AvgIpc) is 2.19. The highest BCUT2D eigenvalue weighted by Crippen LogP contribution is 2.26. The summed E-state index contributed by atoms with van der Waals surface area (Å²) in [5, 5.41) is 9.66. The number of nitrogens with zero attached hydrogens (tertiary/aromatic N) is 1. The molecule has 0 radical (unpaired) electrons. The molecule has 3 N–H and O–H groups in total. The van der Waals surface area contributed by atoms with E-state index in [0.717, 1.165) is 0 Å². The van der Waals surface area contributed by atoms with Crippen LogP contribution in [0.1, 0.15) is 27.2 Å². The van der Waals surface area contributed by atoms with Crippen LogP contribution < -0.4 is 5.73 Å². The van der Waals surface area contributed by atoms with Gasteiger partial charge in [0.25, 0.3) is 0 Å². The van der Waals surface area contributed by atoms with Crippen LogP contribution in [0.3, 0.4) is 0 Å². The monoisotopic (exact) mass is 286 g/mol. The maximum Gasteiger partial charge on any atom is 0.391 e. The molecule has 2 atom stereocenters. The Kier molecular flexibility index (Phi) is 5.76. The molecule has 9 heteroatoms. The molecule has 0 aromatic heterocycles. The molecule has 0 saturated heterocycles. The van der Waals surface area contributed by atoms with Crippen LogP contribution in [0.5, 0.6) is 0 Å². The van der Waals surface area contributed by atoms with Gasteiger partial charge in [-0.3, -0.25) is 14.4 Å². The van der Waals surface area contributed by atoms with Crippen molar-refractivity contribution in [3.63, 3.8) is 0 Å². The van der Waals surface area contributed by atoms with E-state index in [4.69, 9.17) is 10.6 Å². The van der Waals surface area contributed by atoms with E-state index in [1.54, 1.807) is 0 Å². The first kappa shape index (κ1) is 17.6. The number of rotatable bonds is 6. The number of primary amides is 1. The van der Waals surface area contributed by atoms with Gasteiger partial charge in [-0.15, -0.1) is 0 Å². The van der Waals surface area contributed by atoms with Gasteiger partial charge in [0.15, 0.2) is 6.10 Å². The molecule has 0 spiro atoms. The molecular formula is C10H17F3N2O4. The number of nitrogens with two attached hydrogens (primary N) is 1. The smallest absolute Gasteiger partial charge is 0.381 e. The highest BCUT2D eigenvalue weighted by molar-refractivity contribution is 5.79. The molecule has 112 valence electrons. The Balaban J connectivity index is 5.18. The van der Waals surface area contributed by atoms with Crippen LogP contribution in [-0.2, 0) is 14.4 Å². The van der Waals surface area contributed by atoms with Gasteiger partial charge < -0.3 is 10.8 Å². The van der Waals surface area contributed by atoms with Crippen LogP contribution in [0.25, 0.3) is 0 Å². The normalized spacial score (nSPS) is 15.7. The number of hydrogen-bond acceptors (Lipinski definition) is 4. The number of hydrogen-bond donors (Lipinski definition) is 2. The van der Waals surface area contributed by atoms with Crippen LogP contribution in [0.15, 0.2) is 0 Å². The van der Waals surface area contributed by atoms with Gasteiger partial charge in [-0.1, -0.05) is 0 Å². The Morgan fingerprint density at radius 3 is 2.16 bits per heavy atom. The number of alkyl halides is 3. The summed E-state index contributed by atoms with van der Waals surface area (Å²) >= 11 is 0. The van der Waals surface area contributed by atoms with E-state index in [9.17, 15) is 27.9 Å². The van der Waals surface area contributed by atoms with Crippen molar-refractivity contribution in [3.05, 3.63) is 0 Å². The topological polar surface area (TPSA) is 92.9 Å². The second kappa shape index (κ2) is 6.20. The lowest BCUT2D eigenvalue weighted by atomic mass is 10.1. The molecule has 0 aliphatic carbocycles. The van der Waals surface area contributed by atoms with E-state index >= 15 is 0 Å². The molecule has 0 aliphatic rings. The zero-order chi connectivity index (χ0) is 15.4. The van der Waals surface area contributed by atoms with Crippen LogP contribution in [0.4, 0.5) is 13.2 Å². The zero-order valence-electron chi connectivity index (χ0n) is 10.8. The fourth-order valence-corrected chi connectivity index (χ4v) is 1.25. The van der Waals surface area contributed by atoms with E-state index in [2.05, 4.69) is 0 Å². The molecule has 0 heterocycles. The minimum atomic E-state index is -4.70. The molecular weight excluding hydrogens is 269 g/mol. The molecule has 0 rings (SSSR count). The summed E-state index contributed by atoms with van der Waals surface area (Å²) in [6.07, 6.45) is -8.54. The standard InChI is InChI=1S/C10H17F3N2O4/c1-9(2,3)19-15(5-16)6(4-10(11,12)13)7(17)8(14)18/h5-7,17H,4H2,1-3H3,(H2,14,18). The first-order valence-electron chi connectivity index (χ1n) is 5.34. The fraction of sp³-hybridized carbons (Fsp3) is 0.800. The summed E-state index contributed by atoms with van der Waals surface area (Å²) in [4.78, 5) is 26.6. The highest BCUT2D eigenvalue weighted by atomic mass is 19.4. The third kappa shape index (κ3) is 6.97. The Bertz CT molecular complexity index is 328. The van der Waals surface area contributed by atoms with Crippen molar-refractivity contribution in [2.24, 2.45) is 5.73 Å². The molecule has 0 aromatic carbocycles. The van der Waals surface area contributed by atoms with Crippen LogP contribution in [0.2, 0.25) is 0 Å². The summed E-state index contributed by atoms with van der Waals surface area (Å²) < 4.78 is 37.2. The molecule has 6 nitrogen and oxygen atoms in total. The minimum absolute atomic E-state index is 0.0339. The van der Waals surface area contributed by atoms with Crippen LogP contribution in [-0.4, -0.2) is 46.4 Å². The van der Waals surface area contributed by atoms with Gasteiger partial charge in [-0.2, -0.15) is 13.2 Å². The van der Waals surface area contributed by atoms with Crippen molar-refractivity contribution < 1.29 is 32.7 Å². The predicted octanol–water partition coefficient (Wildman–Crippen LogP) is 0.342. The molecule has 0 fully saturated rings. The Morgan fingerprint density at radius 1 is 1.42 bits per heavy atom. The van der Waals surface area contributed by atoms with Crippen molar-refractivity contribution in [1.82, 2.24) is 5.06 Å². The second-order valence-corrected chi connectivity index (χ2v) is 4.90. The van der Waals surface area contributed by atoms with Crippen molar-refractivity contribution in [1.29, 1.82) is 0 Å². The number of carbonyl (C=O) groups excluding carboxylic acids is 2. The number of hydroxylamine groups is 2. The maximum atomic E-state index is 12.4. The fourth-order valence-electron chi connectivity index (χ4n) is 1.25. The summed E-state index contributed by atoms with van der Waals surface area (Å²) in [5.74, 6) is -1.38. The predicted molar refractivity (Wildman–Crippen MR) is 58.4 cm³/mol. The van der Waals surface area contributed by atoms with Crippen molar-refractivity contribution in [2.45, 2.75) is 51.1 Å². The van der Waals surface area contributed by atoms with Crippen LogP contribution in [0, 0.1) is 0 Å². The molecule has 0 aromatic rings. The van der Waals surface area contributed by atoms with E-state index < -0.39 is 36.3 Å². The SMILES string of the molecule is CC(C)(C)ON(C=O)C(CC(F)(F)F)C(O)C(N)=O. The first-order valence-corrected chi connectivity index (χ1v) is 5.34. The van der Waals surface area contributed by atoms with Crippen molar-refractivity contribution in [2.75, 3.05) is 0 Å². The van der Waals surface area contributed by atoms with Gasteiger partial charge in [-0.25, -0.2) is 5.06 Å². The lowest BCUT2D eigenvalue weighted by Gasteiger charge is -2.34. The molecule has 0 saturated carbocycles. The Labute approximate surface area is 108 Å². The molecule has 0 bridgehead atoms. The van der Waals surface area contributed by atoms with Gasteiger partial charge >= 0.3 is 6.18 Å². The maximum absolute atomic E-state index is 12.4. The van der Waals surface area contributed by atoms with Gasteiger partial charge in [-0.05, 0) is 20.8 Å². The Morgan fingerprint density at radius 2 is 1.89 bits per heavy atom. The number of carbonyl (C=O) groups is 2. The van der Waals surface area contributed by atoms with Crippen LogP contribution >= 0.6 is 0 Å². The van der Waals surface area contributed by atoms with Gasteiger partial charge in [0.2, 0.25) is 12.3 Å². The molecule has 2 amide bonds. The summed E-state index contributed by atoms with van der Waals surface area (Å²) in [6.45, 7) is 4.47. The van der Waals surface area contributed by atoms with Gasteiger partial charge in [0, 0.05) is 0 Å². The zero-order valence-corrected chi connectivity index (χ0v) is 10.8. The Hall–Kier alpha value is -1.35. The average molecular weight is 286 g/mol. The van der Waals surface area contributed by atoms with Gasteiger partial charge in [0.1, 0.15) is 6.04 Å². The molecule has 2 unspecified atom stereocenters. The van der Waals surface area contributed by atoms with E-state index in [-0.39, 0.29) is 11.5 Å². The lowest BCUT2D eigenvalue weighted by molar-refractivity contribution is -0.257. The molecule has 0 aliphatic heterocycles. The summed E-state index contributed by atoms with van der Waals surface area (Å²) in [5.41, 5.74) is 3.77. The van der Waals surface area contributed by atoms with Crippen molar-refractivity contribution >= 4 is 12.3 Å². The summed E-state index contributed by atoms with van der Waals surface area (Å²) in [7, 11) is 0. The quantitative estimate of drug-likeness (QED) is 0.544. The largest absolute Gasteiger partial charge is 0.391 e. The number of aliphatic hydroxyl groups is 1. The lowest BCUT2D eigenvalue weighted by Crippen LogP contribution is -2.52. The third-order valence-corrected chi connectivity index (χ3v) is 1.91. The number of amides is 2. The van der Waals surface area contributed by atoms with E-state index in [1.807, 2.05) is 0 Å².